The van der Waals surface area contributed by atoms with E-state index in [9.17, 15) is 20.0 Å². The van der Waals surface area contributed by atoms with Gasteiger partial charge in [-0.3, -0.25) is 15.0 Å². The first-order chi connectivity index (χ1) is 10.7. The van der Waals surface area contributed by atoms with Crippen molar-refractivity contribution in [3.63, 3.8) is 0 Å². The fourth-order valence-electron chi connectivity index (χ4n) is 2.69. The Balaban J connectivity index is 2.27. The molecule has 1 amide bonds. The third-order valence-electron chi connectivity index (χ3n) is 3.70. The Labute approximate surface area is 135 Å². The second-order valence-corrected chi connectivity index (χ2v) is 6.73. The average molecular weight is 322 g/mol. The molecule has 23 heavy (non-hydrogen) atoms. The van der Waals surface area contributed by atoms with E-state index in [1.807, 2.05) is 24.3 Å². The third-order valence-corrected chi connectivity index (χ3v) is 3.70. The Hall–Kier alpha value is -2.15. The van der Waals surface area contributed by atoms with Crippen LogP contribution in [0.25, 0.3) is 0 Å². The molecule has 0 bridgehead atoms. The molecule has 2 atom stereocenters. The molecule has 0 saturated carbocycles. The monoisotopic (exact) mass is 322 g/mol. The highest BCUT2D eigenvalue weighted by Crippen LogP contribution is 2.27. The van der Waals surface area contributed by atoms with E-state index in [1.54, 1.807) is 20.8 Å². The number of amides is 1. The van der Waals surface area contributed by atoms with Gasteiger partial charge >= 0.3 is 6.09 Å². The van der Waals surface area contributed by atoms with Crippen LogP contribution in [0.5, 0.6) is 0 Å². The van der Waals surface area contributed by atoms with Crippen LogP contribution < -0.4 is 0 Å². The predicted octanol–water partition coefficient (Wildman–Crippen LogP) is 1.99. The highest BCUT2D eigenvalue weighted by molar-refractivity contribution is 5.69. The van der Waals surface area contributed by atoms with Gasteiger partial charge in [0.1, 0.15) is 11.7 Å². The second kappa shape index (κ2) is 6.54. The van der Waals surface area contributed by atoms with Crippen molar-refractivity contribution in [3.05, 3.63) is 45.5 Å². The van der Waals surface area contributed by atoms with Crippen molar-refractivity contribution in [2.45, 2.75) is 51.5 Å². The molecule has 0 aliphatic carbocycles. The largest absolute Gasteiger partial charge is 0.444 e. The minimum Gasteiger partial charge on any atom is -0.444 e. The topological polar surface area (TPSA) is 92.9 Å². The summed E-state index contributed by atoms with van der Waals surface area (Å²) in [6.45, 7) is 4.93. The molecule has 1 N–H and O–H groups in total. The summed E-state index contributed by atoms with van der Waals surface area (Å²) in [6.07, 6.45) is -1.45. The minimum atomic E-state index is -1.24. The number of hydrogen-bond acceptors (Lipinski definition) is 5. The van der Waals surface area contributed by atoms with E-state index in [0.29, 0.717) is 6.42 Å². The van der Waals surface area contributed by atoms with Crippen molar-refractivity contribution in [1.82, 2.24) is 4.90 Å². The van der Waals surface area contributed by atoms with E-state index < -0.39 is 35.3 Å². The molecule has 7 heteroatoms. The molecule has 1 heterocycles. The SMILES string of the molecule is CC(C)(C)OC(=O)N1Cc2ccccc2C[C@H]1C(O)C[N+](=O)[O-]. The summed E-state index contributed by atoms with van der Waals surface area (Å²) >= 11 is 0. The first-order valence-corrected chi connectivity index (χ1v) is 7.53. The van der Waals surface area contributed by atoms with Gasteiger partial charge in [0.25, 0.3) is 0 Å². The number of fused-ring (bicyclic) bond motifs is 1. The number of aliphatic hydroxyl groups is 1. The van der Waals surface area contributed by atoms with Crippen molar-refractivity contribution in [2.75, 3.05) is 6.54 Å². The molecule has 2 rings (SSSR count). The lowest BCUT2D eigenvalue weighted by molar-refractivity contribution is -0.491. The van der Waals surface area contributed by atoms with Crippen LogP contribution in [0.2, 0.25) is 0 Å². The average Bonchev–Trinajstić information content (AvgIpc) is 2.43. The number of nitro groups is 1. The highest BCUT2D eigenvalue weighted by Gasteiger charge is 2.38. The molecular formula is C16H22N2O5. The molecule has 1 aromatic rings. The summed E-state index contributed by atoms with van der Waals surface area (Å²) in [4.78, 5) is 24.0. The summed E-state index contributed by atoms with van der Waals surface area (Å²) in [6, 6.07) is 6.89. The number of nitrogens with zero attached hydrogens (tertiary/aromatic N) is 2. The van der Waals surface area contributed by atoms with Crippen molar-refractivity contribution >= 4 is 6.09 Å². The fourth-order valence-corrected chi connectivity index (χ4v) is 2.69. The molecular weight excluding hydrogens is 300 g/mol. The van der Waals surface area contributed by atoms with Crippen molar-refractivity contribution in [1.29, 1.82) is 0 Å². The molecule has 1 aliphatic rings. The lowest BCUT2D eigenvalue weighted by Crippen LogP contribution is -2.53. The number of aliphatic hydroxyl groups excluding tert-OH is 1. The van der Waals surface area contributed by atoms with Crippen LogP contribution in [0.15, 0.2) is 24.3 Å². The predicted molar refractivity (Wildman–Crippen MR) is 83.6 cm³/mol. The summed E-state index contributed by atoms with van der Waals surface area (Å²) in [5, 5.41) is 20.9. The van der Waals surface area contributed by atoms with Gasteiger partial charge in [-0.15, -0.1) is 0 Å². The van der Waals surface area contributed by atoms with Crippen LogP contribution in [-0.4, -0.2) is 45.3 Å². The van der Waals surface area contributed by atoms with Crippen LogP contribution in [0, 0.1) is 10.1 Å². The van der Waals surface area contributed by atoms with Gasteiger partial charge in [0, 0.05) is 11.5 Å². The lowest BCUT2D eigenvalue weighted by Gasteiger charge is -2.39. The van der Waals surface area contributed by atoms with E-state index >= 15 is 0 Å². The third kappa shape index (κ3) is 4.41. The zero-order chi connectivity index (χ0) is 17.2. The van der Waals surface area contributed by atoms with E-state index in [2.05, 4.69) is 0 Å². The molecule has 0 aromatic heterocycles. The van der Waals surface area contributed by atoms with Crippen molar-refractivity contribution < 1.29 is 19.6 Å². The number of benzene rings is 1. The summed E-state index contributed by atoms with van der Waals surface area (Å²) in [7, 11) is 0. The zero-order valence-electron chi connectivity index (χ0n) is 13.6. The Morgan fingerprint density at radius 3 is 2.61 bits per heavy atom. The minimum absolute atomic E-state index is 0.268. The van der Waals surface area contributed by atoms with Gasteiger partial charge in [-0.05, 0) is 38.3 Å². The number of ether oxygens (including phenoxy) is 1. The van der Waals surface area contributed by atoms with Gasteiger partial charge in [-0.1, -0.05) is 24.3 Å². The number of hydrogen-bond donors (Lipinski definition) is 1. The molecule has 0 fully saturated rings. The number of carbonyl (C=O) groups is 1. The lowest BCUT2D eigenvalue weighted by atomic mass is 9.91. The maximum atomic E-state index is 12.4. The number of rotatable bonds is 3. The zero-order valence-corrected chi connectivity index (χ0v) is 13.6. The molecule has 1 aromatic carbocycles. The highest BCUT2D eigenvalue weighted by atomic mass is 16.6. The molecule has 1 aliphatic heterocycles. The molecule has 0 saturated heterocycles. The van der Waals surface area contributed by atoms with Crippen LogP contribution >= 0.6 is 0 Å². The summed E-state index contributed by atoms with van der Waals surface area (Å²) in [5.74, 6) is 0. The second-order valence-electron chi connectivity index (χ2n) is 6.73. The van der Waals surface area contributed by atoms with Crippen LogP contribution in [-0.2, 0) is 17.7 Å². The number of carbonyl (C=O) groups excluding carboxylic acids is 1. The van der Waals surface area contributed by atoms with Crippen LogP contribution in [0.1, 0.15) is 31.9 Å². The molecule has 1 unspecified atom stereocenters. The van der Waals surface area contributed by atoms with Gasteiger partial charge < -0.3 is 9.84 Å². The maximum Gasteiger partial charge on any atom is 0.410 e. The van der Waals surface area contributed by atoms with Crippen LogP contribution in [0.3, 0.4) is 0 Å². The molecule has 7 nitrogen and oxygen atoms in total. The Kier molecular flexibility index (Phi) is 4.89. The van der Waals surface area contributed by atoms with E-state index in [1.165, 1.54) is 4.90 Å². The van der Waals surface area contributed by atoms with Crippen LogP contribution in [0.4, 0.5) is 4.79 Å². The molecule has 0 radical (unpaired) electrons. The van der Waals surface area contributed by atoms with E-state index in [4.69, 9.17) is 4.74 Å². The Morgan fingerprint density at radius 2 is 2.04 bits per heavy atom. The van der Waals surface area contributed by atoms with Crippen molar-refractivity contribution in [3.8, 4) is 0 Å². The van der Waals surface area contributed by atoms with Crippen molar-refractivity contribution in [2.24, 2.45) is 0 Å². The Bertz CT molecular complexity index is 596. The normalized spacial score (nSPS) is 19.0. The van der Waals surface area contributed by atoms with Gasteiger partial charge in [-0.25, -0.2) is 4.79 Å². The smallest absolute Gasteiger partial charge is 0.410 e. The van der Waals surface area contributed by atoms with E-state index in [0.717, 1.165) is 11.1 Å². The first-order valence-electron chi connectivity index (χ1n) is 7.53. The summed E-state index contributed by atoms with van der Waals surface area (Å²) < 4.78 is 5.38. The molecule has 126 valence electrons. The van der Waals surface area contributed by atoms with Gasteiger partial charge in [0.2, 0.25) is 6.54 Å². The fraction of sp³-hybridized carbons (Fsp3) is 0.562. The molecule has 0 spiro atoms. The van der Waals surface area contributed by atoms with Gasteiger partial charge in [0.05, 0.1) is 6.04 Å². The van der Waals surface area contributed by atoms with E-state index in [-0.39, 0.29) is 6.54 Å². The Morgan fingerprint density at radius 1 is 1.43 bits per heavy atom. The quantitative estimate of drug-likeness (QED) is 0.678. The standard InChI is InChI=1S/C16H22N2O5/c1-16(2,3)23-15(20)17-9-12-7-5-4-6-11(12)8-13(17)14(19)10-18(21)22/h4-7,13-14,19H,8-10H2,1-3H3/t13-,14?/m0/s1. The maximum absolute atomic E-state index is 12.4. The first kappa shape index (κ1) is 17.2. The van der Waals surface area contributed by atoms with Gasteiger partial charge in [0.15, 0.2) is 0 Å². The summed E-state index contributed by atoms with van der Waals surface area (Å²) in [5.41, 5.74) is 1.27. The van der Waals surface area contributed by atoms with Gasteiger partial charge in [-0.2, -0.15) is 0 Å².